The molecule has 0 amide bonds. The Morgan fingerprint density at radius 3 is 2.90 bits per heavy atom. The van der Waals surface area contributed by atoms with Crippen LogP contribution >= 0.6 is 0 Å². The van der Waals surface area contributed by atoms with Gasteiger partial charge in [0.15, 0.2) is 0 Å². The van der Waals surface area contributed by atoms with Gasteiger partial charge >= 0.3 is 5.97 Å². The van der Waals surface area contributed by atoms with Gasteiger partial charge in [0.05, 0.1) is 11.5 Å². The molecular formula is C12H19N3O4S. The van der Waals surface area contributed by atoms with E-state index in [1.807, 2.05) is 0 Å². The summed E-state index contributed by atoms with van der Waals surface area (Å²) in [6.45, 7) is 2.96. The van der Waals surface area contributed by atoms with Crippen molar-refractivity contribution in [1.82, 2.24) is 14.2 Å². The highest BCUT2D eigenvalue weighted by Gasteiger charge is 2.38. The molecule has 1 aliphatic rings. The van der Waals surface area contributed by atoms with Crippen molar-refractivity contribution in [2.24, 2.45) is 7.05 Å². The number of aromatic nitrogens is 1. The van der Waals surface area contributed by atoms with Crippen molar-refractivity contribution in [1.29, 1.82) is 0 Å². The lowest BCUT2D eigenvalue weighted by molar-refractivity contribution is -0.148. The van der Waals surface area contributed by atoms with Gasteiger partial charge in [-0.05, 0) is 13.0 Å². The second kappa shape index (κ2) is 5.94. The first kappa shape index (κ1) is 15.0. The number of sulfonamides is 1. The van der Waals surface area contributed by atoms with Crippen LogP contribution in [0.3, 0.4) is 0 Å². The summed E-state index contributed by atoms with van der Waals surface area (Å²) in [6.07, 6.45) is 3.19. The van der Waals surface area contributed by atoms with Gasteiger partial charge in [0, 0.05) is 39.1 Å². The molecule has 20 heavy (non-hydrogen) atoms. The van der Waals surface area contributed by atoms with Gasteiger partial charge in [0.25, 0.3) is 0 Å². The van der Waals surface area contributed by atoms with E-state index in [-0.39, 0.29) is 24.6 Å². The van der Waals surface area contributed by atoms with Crippen molar-refractivity contribution in [3.05, 3.63) is 18.5 Å². The van der Waals surface area contributed by atoms with Crippen LogP contribution < -0.4 is 5.32 Å². The molecule has 1 aliphatic heterocycles. The molecule has 1 saturated heterocycles. The summed E-state index contributed by atoms with van der Waals surface area (Å²) in [7, 11) is -1.93. The Labute approximate surface area is 118 Å². The third-order valence-corrected chi connectivity index (χ3v) is 5.06. The lowest BCUT2D eigenvalue weighted by Gasteiger charge is -2.33. The van der Waals surface area contributed by atoms with E-state index in [1.54, 1.807) is 24.7 Å². The molecule has 2 heterocycles. The van der Waals surface area contributed by atoms with Crippen molar-refractivity contribution in [3.63, 3.8) is 0 Å². The average molecular weight is 301 g/mol. The first-order valence-electron chi connectivity index (χ1n) is 6.48. The van der Waals surface area contributed by atoms with E-state index in [2.05, 4.69) is 5.32 Å². The van der Waals surface area contributed by atoms with Crippen LogP contribution in [0, 0.1) is 0 Å². The fourth-order valence-corrected chi connectivity index (χ4v) is 3.81. The minimum atomic E-state index is -3.68. The van der Waals surface area contributed by atoms with E-state index in [1.165, 1.54) is 16.6 Å². The standard InChI is InChI=1S/C12H19N3O4S/c1-3-19-12(16)11-8-13-5-7-15(11)20(17,18)10-4-6-14(2)9-10/h4,6,9,11,13H,3,5,7-8H2,1-2H3. The Morgan fingerprint density at radius 2 is 2.30 bits per heavy atom. The summed E-state index contributed by atoms with van der Waals surface area (Å²) in [6, 6.07) is 0.716. The second-order valence-electron chi connectivity index (χ2n) is 4.60. The third-order valence-electron chi connectivity index (χ3n) is 3.16. The van der Waals surface area contributed by atoms with E-state index in [9.17, 15) is 13.2 Å². The Hall–Kier alpha value is -1.38. The van der Waals surface area contributed by atoms with Crippen LogP contribution in [0.4, 0.5) is 0 Å². The molecule has 0 saturated carbocycles. The molecule has 1 aromatic heterocycles. The van der Waals surface area contributed by atoms with E-state index in [0.717, 1.165) is 0 Å². The fraction of sp³-hybridized carbons (Fsp3) is 0.583. The number of carbonyl (C=O) groups is 1. The molecule has 2 rings (SSSR count). The van der Waals surface area contributed by atoms with Crippen LogP contribution in [0.2, 0.25) is 0 Å². The average Bonchev–Trinajstić information content (AvgIpc) is 2.86. The summed E-state index contributed by atoms with van der Waals surface area (Å²) in [5.41, 5.74) is 0. The van der Waals surface area contributed by atoms with Crippen molar-refractivity contribution in [2.45, 2.75) is 17.9 Å². The van der Waals surface area contributed by atoms with Crippen LogP contribution in [0.15, 0.2) is 23.4 Å². The molecule has 0 spiro atoms. The first-order chi connectivity index (χ1) is 9.46. The Kier molecular flexibility index (Phi) is 4.46. The Bertz CT molecular complexity index is 581. The lowest BCUT2D eigenvalue weighted by atomic mass is 10.2. The number of piperazine rings is 1. The molecule has 0 aliphatic carbocycles. The fourth-order valence-electron chi connectivity index (χ4n) is 2.18. The minimum absolute atomic E-state index is 0.191. The molecule has 1 N–H and O–H groups in total. The minimum Gasteiger partial charge on any atom is -0.465 e. The normalized spacial score (nSPS) is 20.8. The lowest BCUT2D eigenvalue weighted by Crippen LogP contribution is -2.57. The number of rotatable bonds is 4. The maximum Gasteiger partial charge on any atom is 0.325 e. The molecule has 112 valence electrons. The predicted molar refractivity (Wildman–Crippen MR) is 72.6 cm³/mol. The number of hydrogen-bond acceptors (Lipinski definition) is 5. The number of hydrogen-bond donors (Lipinski definition) is 1. The van der Waals surface area contributed by atoms with Crippen molar-refractivity contribution in [2.75, 3.05) is 26.2 Å². The van der Waals surface area contributed by atoms with Crippen LogP contribution in [-0.4, -0.2) is 55.5 Å². The first-order valence-corrected chi connectivity index (χ1v) is 7.92. The monoisotopic (exact) mass is 301 g/mol. The van der Waals surface area contributed by atoms with Crippen LogP contribution in [0.1, 0.15) is 6.92 Å². The van der Waals surface area contributed by atoms with Crippen LogP contribution in [-0.2, 0) is 26.6 Å². The maximum atomic E-state index is 12.6. The summed E-state index contributed by atoms with van der Waals surface area (Å²) in [5.74, 6) is -0.515. The molecule has 0 aromatic carbocycles. The number of esters is 1. The van der Waals surface area contributed by atoms with Gasteiger partial charge in [0.2, 0.25) is 10.0 Å². The quantitative estimate of drug-likeness (QED) is 0.762. The molecule has 1 fully saturated rings. The molecule has 1 atom stereocenters. The number of nitrogens with one attached hydrogen (secondary N) is 1. The van der Waals surface area contributed by atoms with Gasteiger partial charge in [-0.1, -0.05) is 0 Å². The Balaban J connectivity index is 2.29. The molecule has 1 unspecified atom stereocenters. The van der Waals surface area contributed by atoms with Crippen molar-refractivity contribution < 1.29 is 17.9 Å². The van der Waals surface area contributed by atoms with Crippen LogP contribution in [0.25, 0.3) is 0 Å². The number of ether oxygens (including phenoxy) is 1. The molecule has 0 bridgehead atoms. The van der Waals surface area contributed by atoms with E-state index < -0.39 is 22.0 Å². The van der Waals surface area contributed by atoms with Gasteiger partial charge in [-0.3, -0.25) is 4.79 Å². The maximum absolute atomic E-state index is 12.6. The van der Waals surface area contributed by atoms with Gasteiger partial charge in [0.1, 0.15) is 6.04 Å². The Morgan fingerprint density at radius 1 is 1.55 bits per heavy atom. The number of nitrogens with zero attached hydrogens (tertiary/aromatic N) is 2. The zero-order valence-corrected chi connectivity index (χ0v) is 12.4. The largest absolute Gasteiger partial charge is 0.465 e. The van der Waals surface area contributed by atoms with Gasteiger partial charge in [-0.2, -0.15) is 4.31 Å². The topological polar surface area (TPSA) is 80.6 Å². The zero-order chi connectivity index (χ0) is 14.8. The second-order valence-corrected chi connectivity index (χ2v) is 6.49. The molecular weight excluding hydrogens is 282 g/mol. The summed E-state index contributed by atoms with van der Waals surface area (Å²) < 4.78 is 33.0. The van der Waals surface area contributed by atoms with E-state index in [4.69, 9.17) is 4.74 Å². The molecule has 7 nitrogen and oxygen atoms in total. The molecule has 1 aromatic rings. The SMILES string of the molecule is CCOC(=O)C1CNCCN1S(=O)(=O)c1ccn(C)c1. The molecule has 0 radical (unpaired) electrons. The number of carbonyl (C=O) groups excluding carboxylic acids is 1. The molecule has 8 heteroatoms. The zero-order valence-electron chi connectivity index (χ0n) is 11.6. The third kappa shape index (κ3) is 2.87. The smallest absolute Gasteiger partial charge is 0.325 e. The van der Waals surface area contributed by atoms with Crippen molar-refractivity contribution in [3.8, 4) is 0 Å². The predicted octanol–water partition coefficient (Wildman–Crippen LogP) is -0.449. The van der Waals surface area contributed by atoms with Crippen molar-refractivity contribution >= 4 is 16.0 Å². The summed E-state index contributed by atoms with van der Waals surface area (Å²) in [5, 5.41) is 3.02. The van der Waals surface area contributed by atoms with Gasteiger partial charge in [-0.25, -0.2) is 8.42 Å². The van der Waals surface area contributed by atoms with Crippen LogP contribution in [0.5, 0.6) is 0 Å². The summed E-state index contributed by atoms with van der Waals surface area (Å²) >= 11 is 0. The highest BCUT2D eigenvalue weighted by Crippen LogP contribution is 2.20. The highest BCUT2D eigenvalue weighted by molar-refractivity contribution is 7.89. The van der Waals surface area contributed by atoms with Gasteiger partial charge < -0.3 is 14.6 Å². The van der Waals surface area contributed by atoms with E-state index >= 15 is 0 Å². The highest BCUT2D eigenvalue weighted by atomic mass is 32.2. The van der Waals surface area contributed by atoms with Gasteiger partial charge in [-0.15, -0.1) is 0 Å². The number of aryl methyl sites for hydroxylation is 1. The summed E-state index contributed by atoms with van der Waals surface area (Å²) in [4.78, 5) is 12.1. The van der Waals surface area contributed by atoms with E-state index in [0.29, 0.717) is 6.54 Å².